The zero-order valence-electron chi connectivity index (χ0n) is 13.1. The van der Waals surface area contributed by atoms with Crippen molar-refractivity contribution in [3.05, 3.63) is 75.2 Å². The standard InChI is InChI=1S/C10H7BrCl2O.C8H7Br.Cu.Zn/c11-7-3-1-6(2-4-7)8-5-9(14)10(8,12)13;1-2-7-3-5-8(9)6-4-7;;/h1-4,8H,5H2;2-6H,1H2;;. The Balaban J connectivity index is 0.000000462. The molecule has 1 nitrogen and oxygen atoms in total. The Kier molecular flexibility index (Phi) is 11.6. The summed E-state index contributed by atoms with van der Waals surface area (Å²) in [4.78, 5) is 11.1. The number of carbonyl (C=O) groups excluding carboxylic acids is 1. The first kappa shape index (κ1) is 25.5. The van der Waals surface area contributed by atoms with Gasteiger partial charge in [-0.2, -0.15) is 0 Å². The number of alkyl halides is 2. The molecule has 0 heterocycles. The third-order valence-corrected chi connectivity index (χ3v) is 5.58. The van der Waals surface area contributed by atoms with Crippen molar-refractivity contribution in [1.29, 1.82) is 0 Å². The van der Waals surface area contributed by atoms with Crippen LogP contribution in [0.25, 0.3) is 6.08 Å². The molecule has 1 aliphatic carbocycles. The molecule has 0 saturated heterocycles. The Bertz CT molecular complexity index is 706. The molecule has 133 valence electrons. The van der Waals surface area contributed by atoms with E-state index >= 15 is 0 Å². The molecule has 0 spiro atoms. The molecule has 0 aliphatic heterocycles. The van der Waals surface area contributed by atoms with E-state index in [4.69, 9.17) is 23.2 Å². The molecule has 0 aromatic heterocycles. The third-order valence-electron chi connectivity index (χ3n) is 3.58. The van der Waals surface area contributed by atoms with Gasteiger partial charge in [0, 0.05) is 57.8 Å². The van der Waals surface area contributed by atoms with Gasteiger partial charge in [0.2, 0.25) is 0 Å². The van der Waals surface area contributed by atoms with Gasteiger partial charge in [0.15, 0.2) is 10.1 Å². The minimum atomic E-state index is -1.21. The normalized spacial score (nSPS) is 17.0. The molecule has 1 fully saturated rings. The summed E-state index contributed by atoms with van der Waals surface area (Å²) >= 11 is 18.5. The summed E-state index contributed by atoms with van der Waals surface area (Å²) in [6.45, 7) is 3.65. The predicted octanol–water partition coefficient (Wildman–Crippen LogP) is 6.77. The van der Waals surface area contributed by atoms with Crippen molar-refractivity contribution in [2.75, 3.05) is 0 Å². The molecule has 1 atom stereocenters. The molecule has 7 heteroatoms. The molecule has 2 aromatic rings. The minimum Gasteiger partial charge on any atom is -0.296 e. The number of carbonyl (C=O) groups is 1. The fourth-order valence-corrected chi connectivity index (χ4v) is 3.22. The van der Waals surface area contributed by atoms with Crippen molar-refractivity contribution < 1.29 is 41.3 Å². The zero-order valence-corrected chi connectivity index (χ0v) is 21.7. The maximum atomic E-state index is 11.1. The van der Waals surface area contributed by atoms with Gasteiger partial charge >= 0.3 is 0 Å². The van der Waals surface area contributed by atoms with E-state index in [1.807, 2.05) is 54.6 Å². The second kappa shape index (κ2) is 11.4. The van der Waals surface area contributed by atoms with Crippen LogP contribution in [0.2, 0.25) is 0 Å². The van der Waals surface area contributed by atoms with Crippen LogP contribution in [0.5, 0.6) is 0 Å². The van der Waals surface area contributed by atoms with E-state index in [1.165, 1.54) is 0 Å². The van der Waals surface area contributed by atoms with E-state index in [-0.39, 0.29) is 48.2 Å². The Hall–Kier alpha value is 0.533. The molecule has 25 heavy (non-hydrogen) atoms. The van der Waals surface area contributed by atoms with Gasteiger partial charge in [-0.15, -0.1) is 0 Å². The summed E-state index contributed by atoms with van der Waals surface area (Å²) in [5.74, 6) is -0.153. The van der Waals surface area contributed by atoms with Crippen LogP contribution in [0.1, 0.15) is 23.5 Å². The third kappa shape index (κ3) is 6.89. The van der Waals surface area contributed by atoms with Crippen molar-refractivity contribution in [2.24, 2.45) is 0 Å². The molecule has 0 amide bonds. The van der Waals surface area contributed by atoms with E-state index in [0.717, 1.165) is 20.1 Å². The second-order valence-electron chi connectivity index (χ2n) is 5.11. The van der Waals surface area contributed by atoms with Gasteiger partial charge in [-0.1, -0.05) is 92.0 Å². The van der Waals surface area contributed by atoms with E-state index in [0.29, 0.717) is 6.42 Å². The van der Waals surface area contributed by atoms with Crippen molar-refractivity contribution >= 4 is 66.9 Å². The van der Waals surface area contributed by atoms with Gasteiger partial charge in [-0.25, -0.2) is 0 Å². The molecule has 1 radical (unpaired) electrons. The fourth-order valence-electron chi connectivity index (χ4n) is 2.13. The van der Waals surface area contributed by atoms with E-state index in [9.17, 15) is 4.79 Å². The summed E-state index contributed by atoms with van der Waals surface area (Å²) < 4.78 is 0.892. The molecule has 1 saturated carbocycles. The van der Waals surface area contributed by atoms with E-state index < -0.39 is 4.33 Å². The Morgan fingerprint density at radius 2 is 1.44 bits per heavy atom. The SMILES string of the molecule is C=Cc1ccc(Br)cc1.O=C1CC(c2ccc(Br)cc2)C1(Cl)Cl.[Cu].[Zn]. The molecule has 0 bridgehead atoms. The van der Waals surface area contributed by atoms with Gasteiger partial charge in [0.05, 0.1) is 0 Å². The topological polar surface area (TPSA) is 17.1 Å². The molecule has 1 aliphatic rings. The Morgan fingerprint density at radius 3 is 1.80 bits per heavy atom. The van der Waals surface area contributed by atoms with Crippen LogP contribution in [0, 0.1) is 0 Å². The molecule has 0 N–H and O–H groups in total. The van der Waals surface area contributed by atoms with Crippen molar-refractivity contribution in [3.8, 4) is 0 Å². The predicted molar refractivity (Wildman–Crippen MR) is 105 cm³/mol. The van der Waals surface area contributed by atoms with Crippen LogP contribution in [0.15, 0.2) is 64.1 Å². The molecule has 1 unspecified atom stereocenters. The Morgan fingerprint density at radius 1 is 1.00 bits per heavy atom. The summed E-state index contributed by atoms with van der Waals surface area (Å²) in [5, 5.41) is 0. The van der Waals surface area contributed by atoms with Crippen LogP contribution < -0.4 is 0 Å². The maximum Gasteiger partial charge on any atom is 0.183 e. The average molecular weight is 606 g/mol. The van der Waals surface area contributed by atoms with Crippen LogP contribution in [-0.4, -0.2) is 10.1 Å². The molecule has 3 rings (SSSR count). The number of benzene rings is 2. The van der Waals surface area contributed by atoms with Crippen LogP contribution in [-0.2, 0) is 41.3 Å². The smallest absolute Gasteiger partial charge is 0.183 e. The first-order chi connectivity index (χ1) is 10.8. The van der Waals surface area contributed by atoms with Crippen LogP contribution in [0.4, 0.5) is 0 Å². The number of Topliss-reactive ketones (excluding diaryl/α,β-unsaturated/α-hetero) is 1. The van der Waals surface area contributed by atoms with E-state index in [2.05, 4.69) is 38.4 Å². The number of ketones is 1. The number of halogens is 4. The van der Waals surface area contributed by atoms with Gasteiger partial charge in [0.25, 0.3) is 0 Å². The van der Waals surface area contributed by atoms with E-state index in [1.54, 1.807) is 0 Å². The van der Waals surface area contributed by atoms with Crippen molar-refractivity contribution in [2.45, 2.75) is 16.7 Å². The van der Waals surface area contributed by atoms with Gasteiger partial charge < -0.3 is 0 Å². The number of hydrogen-bond acceptors (Lipinski definition) is 1. The van der Waals surface area contributed by atoms with Crippen molar-refractivity contribution in [3.63, 3.8) is 0 Å². The largest absolute Gasteiger partial charge is 0.296 e. The summed E-state index contributed by atoms with van der Waals surface area (Å²) in [6, 6.07) is 15.7. The summed E-state index contributed by atoms with van der Waals surface area (Å²) in [6.07, 6.45) is 2.26. The monoisotopic (exact) mass is 601 g/mol. The minimum absolute atomic E-state index is 0. The summed E-state index contributed by atoms with van der Waals surface area (Å²) in [5.41, 5.74) is 2.16. The van der Waals surface area contributed by atoms with Crippen molar-refractivity contribution in [1.82, 2.24) is 0 Å². The van der Waals surface area contributed by atoms with Gasteiger partial charge in [-0.3, -0.25) is 4.79 Å². The van der Waals surface area contributed by atoms with Gasteiger partial charge in [-0.05, 0) is 35.4 Å². The molecular formula is C18H14Br2Cl2CuOZn. The van der Waals surface area contributed by atoms with Gasteiger partial charge in [0.1, 0.15) is 0 Å². The first-order valence-corrected chi connectivity index (χ1v) is 9.23. The fraction of sp³-hybridized carbons (Fsp3) is 0.167. The average Bonchev–Trinajstić information content (AvgIpc) is 2.55. The Labute approximate surface area is 198 Å². The maximum absolute atomic E-state index is 11.1. The second-order valence-corrected chi connectivity index (χ2v) is 8.33. The first-order valence-electron chi connectivity index (χ1n) is 6.89. The summed E-state index contributed by atoms with van der Waals surface area (Å²) in [7, 11) is 0. The van der Waals surface area contributed by atoms with Crippen LogP contribution >= 0.6 is 55.1 Å². The molecule has 2 aromatic carbocycles. The number of rotatable bonds is 2. The van der Waals surface area contributed by atoms with Crippen LogP contribution in [0.3, 0.4) is 0 Å². The zero-order chi connectivity index (χ0) is 17.0. The number of hydrogen-bond donors (Lipinski definition) is 0. The quantitative estimate of drug-likeness (QED) is 0.273. The molecular weight excluding hydrogens is 592 g/mol.